The average Bonchev–Trinajstić information content (AvgIpc) is 2.23. The monoisotopic (exact) mass is 220 g/mol. The number of fused-ring (bicyclic) bond motifs is 1. The highest BCUT2D eigenvalue weighted by atomic mass is 35.5. The second kappa shape index (κ2) is 3.70. The van der Waals surface area contributed by atoms with Crippen LogP contribution in [0, 0.1) is 0 Å². The molecule has 0 radical (unpaired) electrons. The summed E-state index contributed by atoms with van der Waals surface area (Å²) in [6.45, 7) is 4.30. The molecule has 0 saturated heterocycles. The SMILES string of the molecule is CC(C)c1ccc2ncc(N)c(Cl)c2c1. The number of nitrogens with two attached hydrogens (primary N) is 1. The lowest BCUT2D eigenvalue weighted by Gasteiger charge is -2.08. The summed E-state index contributed by atoms with van der Waals surface area (Å²) >= 11 is 6.14. The highest BCUT2D eigenvalue weighted by molar-refractivity contribution is 6.37. The van der Waals surface area contributed by atoms with Gasteiger partial charge in [-0.3, -0.25) is 4.98 Å². The third-order valence-corrected chi connectivity index (χ3v) is 2.94. The van der Waals surface area contributed by atoms with Crippen LogP contribution in [0.25, 0.3) is 10.9 Å². The van der Waals surface area contributed by atoms with Crippen molar-refractivity contribution in [2.24, 2.45) is 0 Å². The number of anilines is 1. The molecule has 2 aromatic rings. The van der Waals surface area contributed by atoms with Crippen LogP contribution in [0.15, 0.2) is 24.4 Å². The first kappa shape index (κ1) is 10.2. The molecule has 1 heterocycles. The predicted molar refractivity (Wildman–Crippen MR) is 65.3 cm³/mol. The van der Waals surface area contributed by atoms with E-state index < -0.39 is 0 Å². The largest absolute Gasteiger partial charge is 0.396 e. The Morgan fingerprint density at radius 1 is 1.33 bits per heavy atom. The summed E-state index contributed by atoms with van der Waals surface area (Å²) in [7, 11) is 0. The number of rotatable bonds is 1. The van der Waals surface area contributed by atoms with Gasteiger partial charge in [-0.1, -0.05) is 31.5 Å². The van der Waals surface area contributed by atoms with Gasteiger partial charge in [0.05, 0.1) is 22.4 Å². The molecule has 15 heavy (non-hydrogen) atoms. The molecule has 0 aliphatic carbocycles. The number of nitrogens with zero attached hydrogens (tertiary/aromatic N) is 1. The molecule has 0 spiro atoms. The fourth-order valence-corrected chi connectivity index (χ4v) is 1.75. The molecular formula is C12H13ClN2. The second-order valence-corrected chi connectivity index (χ2v) is 4.34. The van der Waals surface area contributed by atoms with Gasteiger partial charge in [0.25, 0.3) is 0 Å². The van der Waals surface area contributed by atoms with Gasteiger partial charge >= 0.3 is 0 Å². The molecule has 2 N–H and O–H groups in total. The highest BCUT2D eigenvalue weighted by Crippen LogP contribution is 2.29. The van der Waals surface area contributed by atoms with Crippen molar-refractivity contribution < 1.29 is 0 Å². The molecule has 0 unspecified atom stereocenters. The molecule has 0 saturated carbocycles. The van der Waals surface area contributed by atoms with Gasteiger partial charge in [-0.25, -0.2) is 0 Å². The highest BCUT2D eigenvalue weighted by Gasteiger charge is 2.06. The topological polar surface area (TPSA) is 38.9 Å². The zero-order chi connectivity index (χ0) is 11.0. The minimum Gasteiger partial charge on any atom is -0.396 e. The molecule has 0 atom stereocenters. The maximum absolute atomic E-state index is 6.14. The van der Waals surface area contributed by atoms with E-state index in [2.05, 4.69) is 31.0 Å². The van der Waals surface area contributed by atoms with Crippen molar-refractivity contribution in [3.05, 3.63) is 35.0 Å². The van der Waals surface area contributed by atoms with Crippen molar-refractivity contribution in [1.29, 1.82) is 0 Å². The number of hydrogen-bond acceptors (Lipinski definition) is 2. The van der Waals surface area contributed by atoms with Gasteiger partial charge in [0, 0.05) is 5.39 Å². The smallest absolute Gasteiger partial charge is 0.0745 e. The van der Waals surface area contributed by atoms with Crippen LogP contribution in [0.3, 0.4) is 0 Å². The first-order valence-electron chi connectivity index (χ1n) is 4.93. The van der Waals surface area contributed by atoms with Crippen LogP contribution in [0.4, 0.5) is 5.69 Å². The zero-order valence-corrected chi connectivity index (χ0v) is 9.55. The Labute approximate surface area is 94.1 Å². The Balaban J connectivity index is 2.73. The third-order valence-electron chi connectivity index (χ3n) is 2.52. The van der Waals surface area contributed by atoms with Crippen molar-refractivity contribution in [1.82, 2.24) is 4.98 Å². The van der Waals surface area contributed by atoms with Crippen LogP contribution in [0.1, 0.15) is 25.3 Å². The van der Waals surface area contributed by atoms with E-state index in [4.69, 9.17) is 17.3 Å². The van der Waals surface area contributed by atoms with E-state index in [9.17, 15) is 0 Å². The van der Waals surface area contributed by atoms with Gasteiger partial charge in [0.15, 0.2) is 0 Å². The summed E-state index contributed by atoms with van der Waals surface area (Å²) in [4.78, 5) is 4.23. The van der Waals surface area contributed by atoms with E-state index >= 15 is 0 Å². The summed E-state index contributed by atoms with van der Waals surface area (Å²) in [6, 6.07) is 6.12. The molecule has 0 bridgehead atoms. The molecule has 78 valence electrons. The molecule has 3 heteroatoms. The van der Waals surface area contributed by atoms with Crippen LogP contribution in [-0.4, -0.2) is 4.98 Å². The van der Waals surface area contributed by atoms with Gasteiger partial charge in [0.1, 0.15) is 0 Å². The summed E-state index contributed by atoms with van der Waals surface area (Å²) in [5, 5.41) is 1.53. The second-order valence-electron chi connectivity index (χ2n) is 3.96. The molecule has 0 aliphatic rings. The Morgan fingerprint density at radius 3 is 2.73 bits per heavy atom. The van der Waals surface area contributed by atoms with Gasteiger partial charge in [-0.05, 0) is 23.6 Å². The molecule has 0 amide bonds. The van der Waals surface area contributed by atoms with E-state index in [0.717, 1.165) is 10.9 Å². The van der Waals surface area contributed by atoms with Gasteiger partial charge < -0.3 is 5.73 Å². The lowest BCUT2D eigenvalue weighted by atomic mass is 10.0. The molecule has 0 aliphatic heterocycles. The first-order valence-corrected chi connectivity index (χ1v) is 5.31. The van der Waals surface area contributed by atoms with E-state index in [0.29, 0.717) is 16.6 Å². The quantitative estimate of drug-likeness (QED) is 0.798. The minimum atomic E-state index is 0.479. The van der Waals surface area contributed by atoms with Gasteiger partial charge in [-0.2, -0.15) is 0 Å². The summed E-state index contributed by atoms with van der Waals surface area (Å²) < 4.78 is 0. The number of pyridine rings is 1. The van der Waals surface area contributed by atoms with Gasteiger partial charge in [0.2, 0.25) is 0 Å². The van der Waals surface area contributed by atoms with E-state index in [1.54, 1.807) is 6.20 Å². The number of nitrogen functional groups attached to an aromatic ring is 1. The van der Waals surface area contributed by atoms with Gasteiger partial charge in [-0.15, -0.1) is 0 Å². The van der Waals surface area contributed by atoms with Crippen LogP contribution in [0.2, 0.25) is 5.02 Å². The maximum Gasteiger partial charge on any atom is 0.0745 e. The standard InChI is InChI=1S/C12H13ClN2/c1-7(2)8-3-4-11-9(5-8)12(13)10(14)6-15-11/h3-7H,14H2,1-2H3. The molecular weight excluding hydrogens is 208 g/mol. The predicted octanol–water partition coefficient (Wildman–Crippen LogP) is 3.59. The van der Waals surface area contributed by atoms with Crippen LogP contribution in [-0.2, 0) is 0 Å². The summed E-state index contributed by atoms with van der Waals surface area (Å²) in [5.41, 5.74) is 8.38. The van der Waals surface area contributed by atoms with Crippen molar-refractivity contribution in [3.63, 3.8) is 0 Å². The third kappa shape index (κ3) is 1.77. The molecule has 2 rings (SSSR count). The van der Waals surface area contributed by atoms with Crippen molar-refractivity contribution in [2.45, 2.75) is 19.8 Å². The lowest BCUT2D eigenvalue weighted by molar-refractivity contribution is 0.868. The van der Waals surface area contributed by atoms with E-state index in [1.807, 2.05) is 6.07 Å². The van der Waals surface area contributed by atoms with E-state index in [1.165, 1.54) is 5.56 Å². The molecule has 2 nitrogen and oxygen atoms in total. The van der Waals surface area contributed by atoms with Crippen LogP contribution < -0.4 is 5.73 Å². The number of halogens is 1. The Bertz CT molecular complexity index is 506. The van der Waals surface area contributed by atoms with Crippen LogP contribution in [0.5, 0.6) is 0 Å². The molecule has 1 aromatic heterocycles. The minimum absolute atomic E-state index is 0.479. The normalized spacial score (nSPS) is 11.2. The first-order chi connectivity index (χ1) is 7.09. The number of benzene rings is 1. The van der Waals surface area contributed by atoms with Crippen molar-refractivity contribution in [3.8, 4) is 0 Å². The fourth-order valence-electron chi connectivity index (χ4n) is 1.55. The molecule has 1 aromatic carbocycles. The zero-order valence-electron chi connectivity index (χ0n) is 8.79. The van der Waals surface area contributed by atoms with Crippen molar-refractivity contribution in [2.75, 3.05) is 5.73 Å². The fraction of sp³-hybridized carbons (Fsp3) is 0.250. The lowest BCUT2D eigenvalue weighted by Crippen LogP contribution is -1.92. The maximum atomic E-state index is 6.14. The Morgan fingerprint density at radius 2 is 2.07 bits per heavy atom. The van der Waals surface area contributed by atoms with Crippen molar-refractivity contribution >= 4 is 28.2 Å². The van der Waals surface area contributed by atoms with Crippen LogP contribution >= 0.6 is 11.6 Å². The summed E-state index contributed by atoms with van der Waals surface area (Å²) in [6.07, 6.45) is 1.60. The average molecular weight is 221 g/mol. The number of aromatic nitrogens is 1. The Hall–Kier alpha value is -1.28. The molecule has 0 fully saturated rings. The Kier molecular flexibility index (Phi) is 2.53. The van der Waals surface area contributed by atoms with E-state index in [-0.39, 0.29) is 0 Å². The summed E-state index contributed by atoms with van der Waals surface area (Å²) in [5.74, 6) is 0.479. The number of hydrogen-bond donors (Lipinski definition) is 1.